The van der Waals surface area contributed by atoms with Gasteiger partial charge in [0.15, 0.2) is 0 Å². The van der Waals surface area contributed by atoms with Crippen LogP contribution in [0.15, 0.2) is 18.2 Å². The van der Waals surface area contributed by atoms with Gasteiger partial charge in [0.25, 0.3) is 0 Å². The third-order valence-corrected chi connectivity index (χ3v) is 2.08. The van der Waals surface area contributed by atoms with E-state index in [2.05, 4.69) is 45.9 Å². The molecular formula is C12H17. The monoisotopic (exact) mass is 161 g/mol. The lowest BCUT2D eigenvalue weighted by Gasteiger charge is -2.19. The van der Waals surface area contributed by atoms with Crippen LogP contribution in [0.25, 0.3) is 0 Å². The van der Waals surface area contributed by atoms with Crippen molar-refractivity contribution in [3.63, 3.8) is 0 Å². The van der Waals surface area contributed by atoms with Gasteiger partial charge in [-0.25, -0.2) is 0 Å². The summed E-state index contributed by atoms with van der Waals surface area (Å²) in [4.78, 5) is 0. The van der Waals surface area contributed by atoms with Crippen molar-refractivity contribution >= 4 is 0 Å². The van der Waals surface area contributed by atoms with Crippen molar-refractivity contribution in [2.45, 2.75) is 39.5 Å². The lowest BCUT2D eigenvalue weighted by atomic mass is 9.86. The Kier molecular flexibility index (Phi) is 2.56. The number of benzene rings is 1. The van der Waals surface area contributed by atoms with E-state index in [0.29, 0.717) is 0 Å². The van der Waals surface area contributed by atoms with Crippen molar-refractivity contribution in [1.29, 1.82) is 0 Å². The fourth-order valence-electron chi connectivity index (χ4n) is 1.17. The van der Waals surface area contributed by atoms with Gasteiger partial charge >= 0.3 is 0 Å². The smallest absolute Gasteiger partial charge is 0.0126 e. The van der Waals surface area contributed by atoms with Crippen molar-refractivity contribution in [3.8, 4) is 0 Å². The van der Waals surface area contributed by atoms with E-state index in [0.717, 1.165) is 6.42 Å². The second kappa shape index (κ2) is 3.30. The molecule has 0 bridgehead atoms. The second-order valence-electron chi connectivity index (χ2n) is 4.21. The third-order valence-electron chi connectivity index (χ3n) is 2.08. The maximum Gasteiger partial charge on any atom is -0.0126 e. The summed E-state index contributed by atoms with van der Waals surface area (Å²) >= 11 is 0. The van der Waals surface area contributed by atoms with Crippen LogP contribution in [-0.2, 0) is 11.8 Å². The topological polar surface area (TPSA) is 0 Å². The minimum Gasteiger partial charge on any atom is -0.0613 e. The minimum absolute atomic E-state index is 0.227. The van der Waals surface area contributed by atoms with E-state index in [4.69, 9.17) is 0 Å². The normalized spacial score (nSPS) is 11.7. The van der Waals surface area contributed by atoms with E-state index >= 15 is 0 Å². The van der Waals surface area contributed by atoms with Crippen molar-refractivity contribution in [1.82, 2.24) is 0 Å². The molecule has 1 radical (unpaired) electrons. The first kappa shape index (κ1) is 9.31. The zero-order valence-electron chi connectivity index (χ0n) is 8.44. The van der Waals surface area contributed by atoms with Gasteiger partial charge in [-0.05, 0) is 29.0 Å². The molecular weight excluding hydrogens is 144 g/mol. The van der Waals surface area contributed by atoms with Gasteiger partial charge in [0, 0.05) is 0 Å². The molecule has 0 heterocycles. The second-order valence-corrected chi connectivity index (χ2v) is 4.21. The van der Waals surface area contributed by atoms with Crippen LogP contribution in [0, 0.1) is 6.07 Å². The van der Waals surface area contributed by atoms with E-state index in [1.807, 2.05) is 6.07 Å². The summed E-state index contributed by atoms with van der Waals surface area (Å²) in [5.41, 5.74) is 2.94. The molecule has 0 spiro atoms. The first-order chi connectivity index (χ1) is 5.54. The van der Waals surface area contributed by atoms with Crippen molar-refractivity contribution < 1.29 is 0 Å². The van der Waals surface area contributed by atoms with E-state index in [1.54, 1.807) is 0 Å². The van der Waals surface area contributed by atoms with Gasteiger partial charge < -0.3 is 0 Å². The molecule has 0 nitrogen and oxygen atoms in total. The molecule has 0 heteroatoms. The van der Waals surface area contributed by atoms with Crippen molar-refractivity contribution in [2.24, 2.45) is 0 Å². The zero-order chi connectivity index (χ0) is 9.19. The molecule has 0 saturated heterocycles. The van der Waals surface area contributed by atoms with Gasteiger partial charge in [-0.1, -0.05) is 45.9 Å². The highest BCUT2D eigenvalue weighted by Crippen LogP contribution is 2.22. The van der Waals surface area contributed by atoms with Crippen molar-refractivity contribution in [3.05, 3.63) is 35.4 Å². The van der Waals surface area contributed by atoms with Crippen LogP contribution >= 0.6 is 0 Å². The Hall–Kier alpha value is -0.780. The summed E-state index contributed by atoms with van der Waals surface area (Å²) in [7, 11) is 0. The summed E-state index contributed by atoms with van der Waals surface area (Å²) in [6.45, 7) is 8.84. The van der Waals surface area contributed by atoms with Crippen molar-refractivity contribution in [2.75, 3.05) is 0 Å². The average Bonchev–Trinajstić information content (AvgIpc) is 2.03. The summed E-state index contributed by atoms with van der Waals surface area (Å²) < 4.78 is 0. The number of hydrogen-bond donors (Lipinski definition) is 0. The third kappa shape index (κ3) is 2.10. The first-order valence-corrected chi connectivity index (χ1v) is 4.55. The fraction of sp³-hybridized carbons (Fsp3) is 0.500. The number of hydrogen-bond acceptors (Lipinski definition) is 0. The molecule has 0 saturated carbocycles. The maximum atomic E-state index is 3.28. The van der Waals surface area contributed by atoms with Gasteiger partial charge in [-0.15, -0.1) is 0 Å². The molecule has 0 atom stereocenters. The van der Waals surface area contributed by atoms with Crippen LogP contribution in [0.2, 0.25) is 0 Å². The van der Waals surface area contributed by atoms with Gasteiger partial charge in [0.2, 0.25) is 0 Å². The van der Waals surface area contributed by atoms with Gasteiger partial charge in [0.05, 0.1) is 0 Å². The Morgan fingerprint density at radius 2 is 2.00 bits per heavy atom. The lowest BCUT2D eigenvalue weighted by molar-refractivity contribution is 0.588. The quantitative estimate of drug-likeness (QED) is 0.592. The molecule has 0 aliphatic rings. The molecule has 0 aromatic heterocycles. The molecule has 0 amide bonds. The Balaban J connectivity index is 3.02. The summed E-state index contributed by atoms with van der Waals surface area (Å²) in [6.07, 6.45) is 1.11. The van der Waals surface area contributed by atoms with E-state index in [9.17, 15) is 0 Å². The molecule has 0 aliphatic heterocycles. The molecule has 0 fully saturated rings. The summed E-state index contributed by atoms with van der Waals surface area (Å²) in [5, 5.41) is 0. The average molecular weight is 161 g/mol. The predicted molar refractivity (Wildman–Crippen MR) is 53.4 cm³/mol. The predicted octanol–water partition coefficient (Wildman–Crippen LogP) is 3.35. The number of aryl methyl sites for hydroxylation is 1. The van der Waals surface area contributed by atoms with Crippen LogP contribution < -0.4 is 0 Å². The molecule has 1 aromatic carbocycles. The lowest BCUT2D eigenvalue weighted by Crippen LogP contribution is -2.11. The van der Waals surface area contributed by atoms with E-state index in [1.165, 1.54) is 11.1 Å². The molecule has 0 unspecified atom stereocenters. The summed E-state index contributed by atoms with van der Waals surface area (Å²) in [5.74, 6) is 0. The number of rotatable bonds is 1. The highest BCUT2D eigenvalue weighted by atomic mass is 14.2. The van der Waals surface area contributed by atoms with Crippen LogP contribution in [0.4, 0.5) is 0 Å². The Labute approximate surface area is 75.6 Å². The van der Waals surface area contributed by atoms with Gasteiger partial charge in [-0.3, -0.25) is 0 Å². The minimum atomic E-state index is 0.227. The zero-order valence-corrected chi connectivity index (χ0v) is 8.44. The van der Waals surface area contributed by atoms with Gasteiger partial charge in [-0.2, -0.15) is 0 Å². The molecule has 0 aliphatic carbocycles. The molecule has 1 rings (SSSR count). The Morgan fingerprint density at radius 1 is 1.33 bits per heavy atom. The molecule has 12 heavy (non-hydrogen) atoms. The Morgan fingerprint density at radius 3 is 2.50 bits per heavy atom. The molecule has 65 valence electrons. The van der Waals surface area contributed by atoms with Crippen LogP contribution in [0.1, 0.15) is 38.8 Å². The maximum absolute atomic E-state index is 3.28. The standard InChI is InChI=1S/C12H17/c1-5-10-7-6-8-11(9-10)12(2,3)4/h6-7,9H,5H2,1-4H3. The molecule has 0 N–H and O–H groups in total. The Bertz CT molecular complexity index is 253. The van der Waals surface area contributed by atoms with Crippen LogP contribution in [0.5, 0.6) is 0 Å². The first-order valence-electron chi connectivity index (χ1n) is 4.55. The summed E-state index contributed by atoms with van der Waals surface area (Å²) in [6, 6.07) is 9.69. The SMILES string of the molecule is CCc1cc[c]c(C(C)(C)C)c1. The highest BCUT2D eigenvalue weighted by molar-refractivity contribution is 5.27. The van der Waals surface area contributed by atoms with E-state index < -0.39 is 0 Å². The highest BCUT2D eigenvalue weighted by Gasteiger charge is 2.13. The van der Waals surface area contributed by atoms with Gasteiger partial charge in [0.1, 0.15) is 0 Å². The fourth-order valence-corrected chi connectivity index (χ4v) is 1.17. The largest absolute Gasteiger partial charge is 0.0613 e. The van der Waals surface area contributed by atoms with Crippen LogP contribution in [-0.4, -0.2) is 0 Å². The van der Waals surface area contributed by atoms with Crippen LogP contribution in [0.3, 0.4) is 0 Å². The molecule has 1 aromatic rings. The van der Waals surface area contributed by atoms with E-state index in [-0.39, 0.29) is 5.41 Å².